The minimum Gasteiger partial charge on any atom is -0.550 e. The zero-order chi connectivity index (χ0) is 17.1. The molecule has 3 heterocycles. The summed E-state index contributed by atoms with van der Waals surface area (Å²) in [4.78, 5) is 26.6. The molecular weight excluding hydrogens is 352 g/mol. The Hall–Kier alpha value is -1.84. The molecule has 3 rings (SSSR count). The average molecular weight is 367 g/mol. The second-order valence-corrected chi connectivity index (χ2v) is 6.91. The largest absolute Gasteiger partial charge is 0.550 e. The van der Waals surface area contributed by atoms with Crippen molar-refractivity contribution in [3.63, 3.8) is 0 Å². The number of hydrogen-bond acceptors (Lipinski definition) is 8. The Labute approximate surface area is 148 Å². The van der Waals surface area contributed by atoms with E-state index in [0.29, 0.717) is 28.2 Å². The number of thioether (sulfide) groups is 1. The highest BCUT2D eigenvalue weighted by molar-refractivity contribution is 8.26. The van der Waals surface area contributed by atoms with Crippen molar-refractivity contribution in [1.29, 1.82) is 0 Å². The van der Waals surface area contributed by atoms with Crippen LogP contribution in [0, 0.1) is 0 Å². The standard InChI is InChI=1S/C15H16N2O5S2/c18-13(19)3-4-17-14(20)11(24-15(17)23)9-10-1-2-12(22-10)16-5-7-21-8-6-16/h1-2,9H,3-8H2,(H,18,19)/p-1/b11-9-. The Balaban J connectivity index is 1.70. The first-order chi connectivity index (χ1) is 11.5. The highest BCUT2D eigenvalue weighted by atomic mass is 32.2. The van der Waals surface area contributed by atoms with Gasteiger partial charge in [0.1, 0.15) is 10.1 Å². The predicted molar refractivity (Wildman–Crippen MR) is 91.2 cm³/mol. The molecule has 7 nitrogen and oxygen atoms in total. The van der Waals surface area contributed by atoms with Crippen LogP contribution >= 0.6 is 24.0 Å². The van der Waals surface area contributed by atoms with Gasteiger partial charge >= 0.3 is 0 Å². The molecule has 9 heteroatoms. The second-order valence-electron chi connectivity index (χ2n) is 5.23. The maximum absolute atomic E-state index is 12.3. The summed E-state index contributed by atoms with van der Waals surface area (Å²) in [5, 5.41) is 10.6. The van der Waals surface area contributed by atoms with Crippen LogP contribution < -0.4 is 10.0 Å². The fourth-order valence-corrected chi connectivity index (χ4v) is 3.69. The number of nitrogens with zero attached hydrogens (tertiary/aromatic N) is 2. The van der Waals surface area contributed by atoms with Crippen LogP contribution in [0.1, 0.15) is 12.2 Å². The molecule has 0 spiro atoms. The highest BCUT2D eigenvalue weighted by Gasteiger charge is 2.32. The number of thiocarbonyl (C=S) groups is 1. The molecule has 0 bridgehead atoms. The van der Waals surface area contributed by atoms with Gasteiger partial charge in [0.05, 0.1) is 18.1 Å². The highest BCUT2D eigenvalue weighted by Crippen LogP contribution is 2.33. The molecule has 2 fully saturated rings. The first-order valence-electron chi connectivity index (χ1n) is 7.42. The fraction of sp³-hybridized carbons (Fsp3) is 0.400. The molecule has 0 aromatic carbocycles. The zero-order valence-corrected chi connectivity index (χ0v) is 14.4. The summed E-state index contributed by atoms with van der Waals surface area (Å²) in [5.41, 5.74) is 0. The lowest BCUT2D eigenvalue weighted by atomic mass is 10.3. The topological polar surface area (TPSA) is 86.0 Å². The number of anilines is 1. The van der Waals surface area contributed by atoms with E-state index in [2.05, 4.69) is 4.90 Å². The molecule has 2 aliphatic rings. The molecule has 0 radical (unpaired) electrons. The van der Waals surface area contributed by atoms with Crippen molar-refractivity contribution in [1.82, 2.24) is 4.90 Å². The van der Waals surface area contributed by atoms with Gasteiger partial charge in [0, 0.05) is 44.2 Å². The average Bonchev–Trinajstić information content (AvgIpc) is 3.13. The van der Waals surface area contributed by atoms with Crippen LogP contribution in [0.3, 0.4) is 0 Å². The van der Waals surface area contributed by atoms with Gasteiger partial charge in [-0.15, -0.1) is 0 Å². The van der Waals surface area contributed by atoms with Crippen LogP contribution in [0.4, 0.5) is 5.88 Å². The molecule has 128 valence electrons. The van der Waals surface area contributed by atoms with Gasteiger partial charge in [-0.2, -0.15) is 0 Å². The van der Waals surface area contributed by atoms with E-state index in [1.54, 1.807) is 12.1 Å². The molecule has 0 aliphatic carbocycles. The summed E-state index contributed by atoms with van der Waals surface area (Å²) in [5.74, 6) is -0.237. The molecular formula is C15H15N2O5S2-. The first-order valence-corrected chi connectivity index (χ1v) is 8.65. The summed E-state index contributed by atoms with van der Waals surface area (Å²) >= 11 is 6.27. The Kier molecular flexibility index (Phi) is 5.22. The van der Waals surface area contributed by atoms with Gasteiger partial charge in [0.2, 0.25) is 0 Å². The van der Waals surface area contributed by atoms with E-state index >= 15 is 0 Å². The Morgan fingerprint density at radius 2 is 2.12 bits per heavy atom. The van der Waals surface area contributed by atoms with Gasteiger partial charge in [0.15, 0.2) is 5.88 Å². The van der Waals surface area contributed by atoms with Crippen LogP contribution in [0.25, 0.3) is 6.08 Å². The SMILES string of the molecule is O=C([O-])CCN1C(=O)/C(=C/c2ccc(N3CCOCC3)o2)SC1=S. The number of carbonyl (C=O) groups is 2. The molecule has 1 amide bonds. The van der Waals surface area contributed by atoms with Gasteiger partial charge < -0.3 is 24.0 Å². The number of carboxylic acids is 1. The molecule has 2 aliphatic heterocycles. The van der Waals surface area contributed by atoms with Crippen LogP contribution in [-0.2, 0) is 14.3 Å². The number of morpholine rings is 1. The van der Waals surface area contributed by atoms with Crippen molar-refractivity contribution in [3.8, 4) is 0 Å². The summed E-state index contributed by atoms with van der Waals surface area (Å²) in [6.45, 7) is 2.86. The van der Waals surface area contributed by atoms with Crippen molar-refractivity contribution in [3.05, 3.63) is 22.8 Å². The minimum absolute atomic E-state index is 0.0154. The number of aliphatic carboxylic acids is 1. The first kappa shape index (κ1) is 17.0. The van der Waals surface area contributed by atoms with Crippen molar-refractivity contribution in [2.24, 2.45) is 0 Å². The summed E-state index contributed by atoms with van der Waals surface area (Å²) in [6.07, 6.45) is 1.38. The number of carbonyl (C=O) groups excluding carboxylic acids is 2. The monoisotopic (exact) mass is 367 g/mol. The third kappa shape index (κ3) is 3.80. The second kappa shape index (κ2) is 7.37. The fourth-order valence-electron chi connectivity index (χ4n) is 2.40. The smallest absolute Gasteiger partial charge is 0.266 e. The Morgan fingerprint density at radius 3 is 2.83 bits per heavy atom. The summed E-state index contributed by atoms with van der Waals surface area (Å²) in [6, 6.07) is 3.65. The molecule has 1 aromatic heterocycles. The molecule has 0 atom stereocenters. The lowest BCUT2D eigenvalue weighted by molar-refractivity contribution is -0.305. The Bertz CT molecular complexity index is 694. The van der Waals surface area contributed by atoms with Crippen LogP contribution in [0.2, 0.25) is 0 Å². The van der Waals surface area contributed by atoms with Gasteiger partial charge in [-0.1, -0.05) is 24.0 Å². The van der Waals surface area contributed by atoms with Crippen LogP contribution in [0.5, 0.6) is 0 Å². The van der Waals surface area contributed by atoms with E-state index in [0.717, 1.165) is 30.7 Å². The van der Waals surface area contributed by atoms with Crippen molar-refractivity contribution in [2.45, 2.75) is 6.42 Å². The van der Waals surface area contributed by atoms with Crippen LogP contribution in [-0.4, -0.2) is 53.9 Å². The van der Waals surface area contributed by atoms with E-state index in [9.17, 15) is 14.7 Å². The lowest BCUT2D eigenvalue weighted by Gasteiger charge is -2.26. The van der Waals surface area contributed by atoms with Gasteiger partial charge in [-0.25, -0.2) is 0 Å². The third-order valence-electron chi connectivity index (χ3n) is 3.62. The Morgan fingerprint density at radius 1 is 1.38 bits per heavy atom. The summed E-state index contributed by atoms with van der Waals surface area (Å²) in [7, 11) is 0. The predicted octanol–water partition coefficient (Wildman–Crippen LogP) is 0.457. The van der Waals surface area contributed by atoms with Gasteiger partial charge in [-0.05, 0) is 6.07 Å². The minimum atomic E-state index is -1.21. The normalized spacial score (nSPS) is 20.2. The molecule has 24 heavy (non-hydrogen) atoms. The molecule has 0 N–H and O–H groups in total. The number of ether oxygens (including phenoxy) is 1. The number of amides is 1. The number of hydrogen-bond donors (Lipinski definition) is 0. The van der Waals surface area contributed by atoms with E-state index in [-0.39, 0.29) is 18.9 Å². The molecule has 2 saturated heterocycles. The maximum atomic E-state index is 12.3. The quantitative estimate of drug-likeness (QED) is 0.548. The van der Waals surface area contributed by atoms with Gasteiger partial charge in [0.25, 0.3) is 5.91 Å². The molecule has 1 aromatic rings. The molecule has 0 unspecified atom stereocenters. The maximum Gasteiger partial charge on any atom is 0.266 e. The molecule has 0 saturated carbocycles. The van der Waals surface area contributed by atoms with Gasteiger partial charge in [-0.3, -0.25) is 9.69 Å². The van der Waals surface area contributed by atoms with Crippen molar-refractivity contribution < 1.29 is 23.8 Å². The van der Waals surface area contributed by atoms with E-state index in [4.69, 9.17) is 21.4 Å². The zero-order valence-electron chi connectivity index (χ0n) is 12.7. The van der Waals surface area contributed by atoms with Crippen LogP contribution in [0.15, 0.2) is 21.5 Å². The van der Waals surface area contributed by atoms with E-state index in [1.165, 1.54) is 4.90 Å². The van der Waals surface area contributed by atoms with E-state index in [1.807, 2.05) is 6.07 Å². The number of furan rings is 1. The lowest BCUT2D eigenvalue weighted by Crippen LogP contribution is -2.35. The van der Waals surface area contributed by atoms with Crippen molar-refractivity contribution >= 4 is 52.1 Å². The third-order valence-corrected chi connectivity index (χ3v) is 5.00. The van der Waals surface area contributed by atoms with E-state index < -0.39 is 5.97 Å². The van der Waals surface area contributed by atoms with Crippen molar-refractivity contribution in [2.75, 3.05) is 37.7 Å². The number of carboxylic acid groups (broad SMARTS) is 1. The number of rotatable bonds is 5. The summed E-state index contributed by atoms with van der Waals surface area (Å²) < 4.78 is 11.4.